The van der Waals surface area contributed by atoms with E-state index in [0.29, 0.717) is 6.42 Å². The molecule has 1 amide bonds. The Morgan fingerprint density at radius 2 is 2.45 bits per heavy atom. The van der Waals surface area contributed by atoms with E-state index in [0.717, 1.165) is 9.21 Å². The van der Waals surface area contributed by atoms with Crippen LogP contribution in [0, 0.1) is 0 Å². The van der Waals surface area contributed by atoms with Gasteiger partial charge >= 0.3 is 0 Å². The second-order valence-corrected chi connectivity index (χ2v) is 3.86. The summed E-state index contributed by atoms with van der Waals surface area (Å²) in [6.07, 6.45) is 0.424. The normalized spacial score (nSPS) is 9.64. The maximum atomic E-state index is 10.8. The van der Waals surface area contributed by atoms with Gasteiger partial charge in [-0.05, 0) is 12.1 Å². The monoisotopic (exact) mass is 189 g/mol. The molecule has 1 aromatic rings. The fourth-order valence-corrected chi connectivity index (χ4v) is 1.78. The molecule has 1 rings (SSSR count). The maximum Gasteiger partial charge on any atom is 0.224 e. The van der Waals surface area contributed by atoms with E-state index in [9.17, 15) is 4.79 Å². The molecule has 0 aliphatic heterocycles. The van der Waals surface area contributed by atoms with E-state index in [1.807, 2.05) is 6.07 Å². The fourth-order valence-electron chi connectivity index (χ4n) is 0.693. The summed E-state index contributed by atoms with van der Waals surface area (Å²) in [6.45, 7) is 0. The Labute approximate surface area is 74.2 Å². The van der Waals surface area contributed by atoms with E-state index < -0.39 is 0 Å². The molecule has 4 heteroatoms. The molecule has 0 aromatic carbocycles. The minimum absolute atomic E-state index is 0.0171. The van der Waals surface area contributed by atoms with Crippen LogP contribution in [0.4, 0.5) is 0 Å². The molecule has 0 bridgehead atoms. The van der Waals surface area contributed by atoms with E-state index in [4.69, 9.17) is 11.6 Å². The third kappa shape index (κ3) is 2.52. The summed E-state index contributed by atoms with van der Waals surface area (Å²) in [4.78, 5) is 11.8. The summed E-state index contributed by atoms with van der Waals surface area (Å²) in [5, 5.41) is 2.55. The van der Waals surface area contributed by atoms with Gasteiger partial charge in [0.25, 0.3) is 0 Å². The zero-order valence-electron chi connectivity index (χ0n) is 6.06. The number of carbonyl (C=O) groups excluding carboxylic acids is 1. The van der Waals surface area contributed by atoms with Crippen molar-refractivity contribution in [3.8, 4) is 0 Å². The number of likely N-dealkylation sites (N-methyl/N-ethyl adjacent to an activating group) is 1. The fraction of sp³-hybridized carbons (Fsp3) is 0.286. The molecule has 0 aliphatic carbocycles. The molecule has 0 radical (unpaired) electrons. The van der Waals surface area contributed by atoms with Crippen LogP contribution in [-0.4, -0.2) is 13.0 Å². The molecule has 0 unspecified atom stereocenters. The van der Waals surface area contributed by atoms with Gasteiger partial charge in [-0.3, -0.25) is 4.79 Å². The van der Waals surface area contributed by atoms with Crippen LogP contribution in [0.5, 0.6) is 0 Å². The van der Waals surface area contributed by atoms with Crippen LogP contribution in [0.15, 0.2) is 12.1 Å². The lowest BCUT2D eigenvalue weighted by Gasteiger charge is -1.93. The van der Waals surface area contributed by atoms with Crippen molar-refractivity contribution >= 4 is 28.8 Å². The average Bonchev–Trinajstić information content (AvgIpc) is 2.35. The van der Waals surface area contributed by atoms with Crippen LogP contribution in [0.3, 0.4) is 0 Å². The van der Waals surface area contributed by atoms with Gasteiger partial charge in [0.1, 0.15) is 0 Å². The summed E-state index contributed by atoms with van der Waals surface area (Å²) in [6, 6.07) is 3.66. The standard InChI is InChI=1S/C7H8ClNOS/c1-9-7(10)4-5-2-3-6(8)11-5/h2-3H,4H2,1H3,(H,9,10). The van der Waals surface area contributed by atoms with Crippen LogP contribution in [0.2, 0.25) is 4.34 Å². The van der Waals surface area contributed by atoms with Crippen LogP contribution in [-0.2, 0) is 11.2 Å². The molecular weight excluding hydrogens is 182 g/mol. The van der Waals surface area contributed by atoms with Crippen molar-refractivity contribution in [3.05, 3.63) is 21.3 Å². The molecule has 0 fully saturated rings. The highest BCUT2D eigenvalue weighted by Gasteiger charge is 2.02. The molecule has 2 nitrogen and oxygen atoms in total. The molecule has 1 aromatic heterocycles. The second-order valence-electron chi connectivity index (χ2n) is 2.06. The van der Waals surface area contributed by atoms with Gasteiger partial charge in [0.2, 0.25) is 5.91 Å². The maximum absolute atomic E-state index is 10.8. The summed E-state index contributed by atoms with van der Waals surface area (Å²) >= 11 is 7.11. The van der Waals surface area contributed by atoms with E-state index in [-0.39, 0.29) is 5.91 Å². The first-order valence-corrected chi connectivity index (χ1v) is 4.36. The number of hydrogen-bond acceptors (Lipinski definition) is 2. The van der Waals surface area contributed by atoms with Gasteiger partial charge in [-0.2, -0.15) is 0 Å². The Morgan fingerprint density at radius 1 is 1.73 bits per heavy atom. The minimum atomic E-state index is 0.0171. The van der Waals surface area contributed by atoms with Gasteiger partial charge in [0, 0.05) is 11.9 Å². The third-order valence-corrected chi connectivity index (χ3v) is 2.47. The number of amides is 1. The second kappa shape index (κ2) is 3.74. The summed E-state index contributed by atoms with van der Waals surface area (Å²) in [7, 11) is 1.62. The number of halogens is 1. The highest BCUT2D eigenvalue weighted by Crippen LogP contribution is 2.21. The van der Waals surface area contributed by atoms with Crippen molar-refractivity contribution < 1.29 is 4.79 Å². The van der Waals surface area contributed by atoms with Crippen molar-refractivity contribution in [2.45, 2.75) is 6.42 Å². The first-order valence-electron chi connectivity index (χ1n) is 3.17. The third-order valence-electron chi connectivity index (χ3n) is 1.24. The van der Waals surface area contributed by atoms with E-state index >= 15 is 0 Å². The van der Waals surface area contributed by atoms with Crippen molar-refractivity contribution in [2.75, 3.05) is 7.05 Å². The van der Waals surface area contributed by atoms with Crippen molar-refractivity contribution in [2.24, 2.45) is 0 Å². The lowest BCUT2D eigenvalue weighted by atomic mass is 10.3. The number of thiophene rings is 1. The number of rotatable bonds is 2. The molecule has 0 aliphatic rings. The zero-order chi connectivity index (χ0) is 8.27. The van der Waals surface area contributed by atoms with Crippen molar-refractivity contribution in [3.63, 3.8) is 0 Å². The lowest BCUT2D eigenvalue weighted by molar-refractivity contribution is -0.119. The van der Waals surface area contributed by atoms with Crippen LogP contribution in [0.25, 0.3) is 0 Å². The highest BCUT2D eigenvalue weighted by atomic mass is 35.5. The highest BCUT2D eigenvalue weighted by molar-refractivity contribution is 7.16. The first kappa shape index (κ1) is 8.56. The summed E-state index contributed by atoms with van der Waals surface area (Å²) < 4.78 is 0.726. The van der Waals surface area contributed by atoms with Gasteiger partial charge < -0.3 is 5.32 Å². The summed E-state index contributed by atoms with van der Waals surface area (Å²) in [5.74, 6) is 0.0171. The molecule has 0 saturated carbocycles. The van der Waals surface area contributed by atoms with E-state index in [1.54, 1.807) is 13.1 Å². The molecule has 0 saturated heterocycles. The SMILES string of the molecule is CNC(=O)Cc1ccc(Cl)s1. The molecule has 11 heavy (non-hydrogen) atoms. The zero-order valence-corrected chi connectivity index (χ0v) is 7.63. The Bertz CT molecular complexity index is 259. The van der Waals surface area contributed by atoms with Gasteiger partial charge in [-0.15, -0.1) is 11.3 Å². The first-order chi connectivity index (χ1) is 5.22. The molecular formula is C7H8ClNOS. The van der Waals surface area contributed by atoms with E-state index in [1.165, 1.54) is 11.3 Å². The molecule has 0 spiro atoms. The predicted molar refractivity (Wildman–Crippen MR) is 47.1 cm³/mol. The average molecular weight is 190 g/mol. The largest absolute Gasteiger partial charge is 0.359 e. The lowest BCUT2D eigenvalue weighted by Crippen LogP contribution is -2.19. The quantitative estimate of drug-likeness (QED) is 0.754. The Hall–Kier alpha value is -0.540. The Kier molecular flexibility index (Phi) is 2.91. The molecule has 60 valence electrons. The van der Waals surface area contributed by atoms with Crippen molar-refractivity contribution in [1.82, 2.24) is 5.32 Å². The smallest absolute Gasteiger partial charge is 0.224 e. The van der Waals surface area contributed by atoms with Crippen LogP contribution in [0.1, 0.15) is 4.88 Å². The van der Waals surface area contributed by atoms with Crippen LogP contribution >= 0.6 is 22.9 Å². The molecule has 0 atom stereocenters. The number of carbonyl (C=O) groups is 1. The number of hydrogen-bond donors (Lipinski definition) is 1. The topological polar surface area (TPSA) is 29.1 Å². The molecule has 1 heterocycles. The Morgan fingerprint density at radius 3 is 2.91 bits per heavy atom. The predicted octanol–water partition coefficient (Wildman–Crippen LogP) is 1.69. The number of nitrogens with one attached hydrogen (secondary N) is 1. The van der Waals surface area contributed by atoms with Gasteiger partial charge in [-0.25, -0.2) is 0 Å². The van der Waals surface area contributed by atoms with Crippen LogP contribution < -0.4 is 5.32 Å². The van der Waals surface area contributed by atoms with Gasteiger partial charge in [-0.1, -0.05) is 11.6 Å². The van der Waals surface area contributed by atoms with Gasteiger partial charge in [0.05, 0.1) is 10.8 Å². The molecule has 1 N–H and O–H groups in total. The van der Waals surface area contributed by atoms with E-state index in [2.05, 4.69) is 5.32 Å². The summed E-state index contributed by atoms with van der Waals surface area (Å²) in [5.41, 5.74) is 0. The Balaban J connectivity index is 2.57. The minimum Gasteiger partial charge on any atom is -0.359 e. The van der Waals surface area contributed by atoms with Crippen molar-refractivity contribution in [1.29, 1.82) is 0 Å². The van der Waals surface area contributed by atoms with Gasteiger partial charge in [0.15, 0.2) is 0 Å².